The van der Waals surface area contributed by atoms with Gasteiger partial charge in [0.1, 0.15) is 5.76 Å². The van der Waals surface area contributed by atoms with E-state index in [1.807, 2.05) is 18.2 Å². The number of hydrogen-bond donors (Lipinski definition) is 2. The van der Waals surface area contributed by atoms with E-state index < -0.39 is 0 Å². The van der Waals surface area contributed by atoms with Gasteiger partial charge in [0.2, 0.25) is 0 Å². The van der Waals surface area contributed by atoms with E-state index in [9.17, 15) is 5.11 Å². The van der Waals surface area contributed by atoms with Crippen LogP contribution < -0.4 is 5.32 Å². The largest absolute Gasteiger partial charge is 0.508 e. The summed E-state index contributed by atoms with van der Waals surface area (Å²) < 4.78 is 0.977. The standard InChI is InChI=1S/C9H8BrNO/c10-6-1-2-8-7(5-6)9(12)3-4-11-8/h1-3,5,11-12H,4H2. The van der Waals surface area contributed by atoms with Crippen molar-refractivity contribution < 1.29 is 5.11 Å². The van der Waals surface area contributed by atoms with Crippen molar-refractivity contribution >= 4 is 27.4 Å². The minimum Gasteiger partial charge on any atom is -0.508 e. The predicted octanol–water partition coefficient (Wildman–Crippen LogP) is 2.77. The molecule has 1 aromatic carbocycles. The van der Waals surface area contributed by atoms with Crippen LogP contribution in [0.3, 0.4) is 0 Å². The molecule has 0 aliphatic carbocycles. The van der Waals surface area contributed by atoms with Gasteiger partial charge in [0.05, 0.1) is 0 Å². The molecule has 0 fully saturated rings. The quantitative estimate of drug-likeness (QED) is 0.712. The number of aliphatic hydroxyl groups excluding tert-OH is 1. The summed E-state index contributed by atoms with van der Waals surface area (Å²) in [6, 6.07) is 5.79. The molecule has 0 spiro atoms. The van der Waals surface area contributed by atoms with Crippen molar-refractivity contribution in [3.63, 3.8) is 0 Å². The summed E-state index contributed by atoms with van der Waals surface area (Å²) in [5.41, 5.74) is 1.84. The highest BCUT2D eigenvalue weighted by molar-refractivity contribution is 9.10. The molecule has 0 radical (unpaired) electrons. The van der Waals surface area contributed by atoms with Gasteiger partial charge in [-0.2, -0.15) is 0 Å². The summed E-state index contributed by atoms with van der Waals surface area (Å²) in [7, 11) is 0. The Labute approximate surface area is 79.0 Å². The Balaban J connectivity index is 2.58. The van der Waals surface area contributed by atoms with Gasteiger partial charge in [0, 0.05) is 22.3 Å². The van der Waals surface area contributed by atoms with E-state index >= 15 is 0 Å². The van der Waals surface area contributed by atoms with E-state index in [4.69, 9.17) is 0 Å². The zero-order valence-electron chi connectivity index (χ0n) is 6.34. The zero-order chi connectivity index (χ0) is 8.55. The summed E-state index contributed by atoms with van der Waals surface area (Å²) >= 11 is 3.35. The van der Waals surface area contributed by atoms with Gasteiger partial charge in [-0.3, -0.25) is 0 Å². The minimum absolute atomic E-state index is 0.352. The van der Waals surface area contributed by atoms with Gasteiger partial charge in [-0.25, -0.2) is 0 Å². The van der Waals surface area contributed by atoms with E-state index in [1.54, 1.807) is 6.08 Å². The molecule has 2 rings (SSSR count). The summed E-state index contributed by atoms with van der Waals surface area (Å²) in [5, 5.41) is 12.6. The molecule has 12 heavy (non-hydrogen) atoms. The fourth-order valence-electron chi connectivity index (χ4n) is 1.25. The Morgan fingerprint density at radius 2 is 2.25 bits per heavy atom. The monoisotopic (exact) mass is 225 g/mol. The minimum atomic E-state index is 0.352. The molecule has 1 aliphatic rings. The molecule has 0 saturated heterocycles. The van der Waals surface area contributed by atoms with Crippen LogP contribution in [0.5, 0.6) is 0 Å². The van der Waals surface area contributed by atoms with Crippen molar-refractivity contribution in [2.24, 2.45) is 0 Å². The van der Waals surface area contributed by atoms with Gasteiger partial charge in [0.25, 0.3) is 0 Å². The lowest BCUT2D eigenvalue weighted by Gasteiger charge is -2.15. The number of rotatable bonds is 0. The molecule has 62 valence electrons. The number of nitrogens with one attached hydrogen (secondary N) is 1. The first-order valence-electron chi connectivity index (χ1n) is 3.70. The highest BCUT2D eigenvalue weighted by atomic mass is 79.9. The summed E-state index contributed by atoms with van der Waals surface area (Å²) in [6.45, 7) is 0.695. The second-order valence-electron chi connectivity index (χ2n) is 2.66. The summed E-state index contributed by atoms with van der Waals surface area (Å²) in [5.74, 6) is 0.352. The number of aliphatic hydroxyl groups is 1. The Morgan fingerprint density at radius 1 is 1.42 bits per heavy atom. The molecule has 0 atom stereocenters. The first kappa shape index (κ1) is 7.68. The van der Waals surface area contributed by atoms with Crippen molar-refractivity contribution in [2.45, 2.75) is 0 Å². The third kappa shape index (κ3) is 1.20. The van der Waals surface area contributed by atoms with Crippen LogP contribution in [0, 0.1) is 0 Å². The van der Waals surface area contributed by atoms with E-state index in [2.05, 4.69) is 21.2 Å². The SMILES string of the molecule is OC1=CCNc2ccc(Br)cc21. The van der Waals surface area contributed by atoms with E-state index in [-0.39, 0.29) is 0 Å². The van der Waals surface area contributed by atoms with Crippen LogP contribution in [-0.2, 0) is 0 Å². The molecular weight excluding hydrogens is 218 g/mol. The Hall–Kier alpha value is -0.960. The fraction of sp³-hybridized carbons (Fsp3) is 0.111. The van der Waals surface area contributed by atoms with Crippen molar-refractivity contribution in [2.75, 3.05) is 11.9 Å². The van der Waals surface area contributed by atoms with Crippen LogP contribution in [0.4, 0.5) is 5.69 Å². The number of hydrogen-bond acceptors (Lipinski definition) is 2. The Kier molecular flexibility index (Phi) is 1.81. The van der Waals surface area contributed by atoms with Gasteiger partial charge in [-0.1, -0.05) is 15.9 Å². The van der Waals surface area contributed by atoms with Gasteiger partial charge in [-0.15, -0.1) is 0 Å². The second-order valence-corrected chi connectivity index (χ2v) is 3.58. The van der Waals surface area contributed by atoms with Crippen LogP contribution in [0.25, 0.3) is 5.76 Å². The third-order valence-electron chi connectivity index (χ3n) is 1.85. The number of fused-ring (bicyclic) bond motifs is 1. The molecule has 0 bridgehead atoms. The topological polar surface area (TPSA) is 32.3 Å². The van der Waals surface area contributed by atoms with Crippen molar-refractivity contribution in [1.82, 2.24) is 0 Å². The lowest BCUT2D eigenvalue weighted by molar-refractivity contribution is 0.509. The summed E-state index contributed by atoms with van der Waals surface area (Å²) in [4.78, 5) is 0. The lowest BCUT2D eigenvalue weighted by Crippen LogP contribution is -2.07. The molecule has 0 saturated carbocycles. The highest BCUT2D eigenvalue weighted by Gasteiger charge is 2.10. The molecule has 2 N–H and O–H groups in total. The number of anilines is 1. The van der Waals surface area contributed by atoms with Crippen LogP contribution in [0.2, 0.25) is 0 Å². The van der Waals surface area contributed by atoms with E-state index in [0.29, 0.717) is 12.3 Å². The maximum absolute atomic E-state index is 9.49. The Bertz CT molecular complexity index is 346. The van der Waals surface area contributed by atoms with Crippen molar-refractivity contribution in [3.8, 4) is 0 Å². The average Bonchev–Trinajstić information content (AvgIpc) is 2.07. The zero-order valence-corrected chi connectivity index (χ0v) is 7.93. The molecule has 2 nitrogen and oxygen atoms in total. The molecular formula is C9H8BrNO. The molecule has 0 amide bonds. The van der Waals surface area contributed by atoms with Gasteiger partial charge >= 0.3 is 0 Å². The van der Waals surface area contributed by atoms with Crippen LogP contribution in [0.1, 0.15) is 5.56 Å². The Morgan fingerprint density at radius 3 is 3.08 bits per heavy atom. The maximum atomic E-state index is 9.49. The molecule has 1 aromatic rings. The number of halogens is 1. The van der Waals surface area contributed by atoms with Crippen LogP contribution in [0.15, 0.2) is 28.7 Å². The average molecular weight is 226 g/mol. The molecule has 1 heterocycles. The van der Waals surface area contributed by atoms with E-state index in [0.717, 1.165) is 15.7 Å². The fourth-order valence-corrected chi connectivity index (χ4v) is 1.61. The maximum Gasteiger partial charge on any atom is 0.122 e. The smallest absolute Gasteiger partial charge is 0.122 e. The van der Waals surface area contributed by atoms with Crippen LogP contribution in [-0.4, -0.2) is 11.7 Å². The van der Waals surface area contributed by atoms with Gasteiger partial charge in [-0.05, 0) is 24.3 Å². The second kappa shape index (κ2) is 2.83. The first-order valence-corrected chi connectivity index (χ1v) is 4.49. The molecule has 0 aromatic heterocycles. The molecule has 3 heteroatoms. The van der Waals surface area contributed by atoms with Crippen LogP contribution >= 0.6 is 15.9 Å². The highest BCUT2D eigenvalue weighted by Crippen LogP contribution is 2.28. The normalized spacial score (nSPS) is 14.6. The summed E-state index contributed by atoms with van der Waals surface area (Å²) in [6.07, 6.45) is 1.76. The van der Waals surface area contributed by atoms with Gasteiger partial charge < -0.3 is 10.4 Å². The predicted molar refractivity (Wildman–Crippen MR) is 53.2 cm³/mol. The first-order chi connectivity index (χ1) is 5.77. The van der Waals surface area contributed by atoms with Crippen molar-refractivity contribution in [1.29, 1.82) is 0 Å². The molecule has 1 aliphatic heterocycles. The van der Waals surface area contributed by atoms with Gasteiger partial charge in [0.15, 0.2) is 0 Å². The molecule has 0 unspecified atom stereocenters. The third-order valence-corrected chi connectivity index (χ3v) is 2.34. The lowest BCUT2D eigenvalue weighted by atomic mass is 10.1. The number of benzene rings is 1. The van der Waals surface area contributed by atoms with Crippen molar-refractivity contribution in [3.05, 3.63) is 34.3 Å². The van der Waals surface area contributed by atoms with E-state index in [1.165, 1.54) is 0 Å².